The first-order valence-corrected chi connectivity index (χ1v) is 8.82. The number of aromatic nitrogens is 3. The van der Waals surface area contributed by atoms with Crippen LogP contribution in [0.1, 0.15) is 0 Å². The van der Waals surface area contributed by atoms with Crippen LogP contribution in [0.25, 0.3) is 11.3 Å². The topological polar surface area (TPSA) is 76.9 Å². The van der Waals surface area contributed by atoms with Crippen molar-refractivity contribution < 1.29 is 17.2 Å². The van der Waals surface area contributed by atoms with E-state index >= 15 is 0 Å². The summed E-state index contributed by atoms with van der Waals surface area (Å²) in [4.78, 5) is 3.21. The maximum absolute atomic E-state index is 13.6. The van der Waals surface area contributed by atoms with E-state index in [9.17, 15) is 17.2 Å². The number of hydrogen-bond acceptors (Lipinski definition) is 4. The van der Waals surface area contributed by atoms with Crippen molar-refractivity contribution in [1.82, 2.24) is 19.5 Å². The van der Waals surface area contributed by atoms with Gasteiger partial charge in [0.25, 0.3) is 0 Å². The van der Waals surface area contributed by atoms with E-state index in [0.717, 1.165) is 23.4 Å². The molecule has 0 aliphatic carbocycles. The lowest BCUT2D eigenvalue weighted by molar-refractivity contribution is 0.538. The molecular weight excluding hydrogens is 350 g/mol. The SMILES string of the molecule is O=S(=O)(NCCn1ccc(-c2ccncc2)n1)c1cc(F)ccc1F. The van der Waals surface area contributed by atoms with E-state index in [1.54, 1.807) is 29.3 Å². The number of sulfonamides is 1. The van der Waals surface area contributed by atoms with Crippen molar-refractivity contribution >= 4 is 10.0 Å². The molecule has 2 heterocycles. The second kappa shape index (κ2) is 7.08. The maximum atomic E-state index is 13.6. The average Bonchev–Trinajstić information content (AvgIpc) is 3.06. The van der Waals surface area contributed by atoms with E-state index in [1.807, 2.05) is 12.1 Å². The molecule has 6 nitrogen and oxygen atoms in total. The molecule has 0 radical (unpaired) electrons. The van der Waals surface area contributed by atoms with Gasteiger partial charge in [0.1, 0.15) is 16.5 Å². The summed E-state index contributed by atoms with van der Waals surface area (Å²) >= 11 is 0. The summed E-state index contributed by atoms with van der Waals surface area (Å²) < 4.78 is 54.7. The van der Waals surface area contributed by atoms with E-state index in [-0.39, 0.29) is 13.1 Å². The first-order valence-electron chi connectivity index (χ1n) is 7.34. The number of nitrogens with zero attached hydrogens (tertiary/aromatic N) is 3. The minimum Gasteiger partial charge on any atom is -0.271 e. The Labute approximate surface area is 143 Å². The summed E-state index contributed by atoms with van der Waals surface area (Å²) in [6.07, 6.45) is 5.00. The van der Waals surface area contributed by atoms with Gasteiger partial charge in [-0.25, -0.2) is 21.9 Å². The lowest BCUT2D eigenvalue weighted by Gasteiger charge is -2.08. The molecule has 0 aliphatic heterocycles. The molecule has 0 atom stereocenters. The smallest absolute Gasteiger partial charge is 0.243 e. The Balaban J connectivity index is 1.65. The van der Waals surface area contributed by atoms with Crippen molar-refractivity contribution in [3.05, 3.63) is 66.6 Å². The standard InChI is InChI=1S/C16H14F2N4O2S/c17-13-1-2-14(18)16(11-13)25(23,24)20-8-10-22-9-5-15(21-22)12-3-6-19-7-4-12/h1-7,9,11,20H,8,10H2. The molecule has 0 aliphatic rings. The molecule has 130 valence electrons. The van der Waals surface area contributed by atoms with Gasteiger partial charge in [0, 0.05) is 30.7 Å². The van der Waals surface area contributed by atoms with E-state index in [1.165, 1.54) is 0 Å². The van der Waals surface area contributed by atoms with Crippen LogP contribution in [0.2, 0.25) is 0 Å². The quantitative estimate of drug-likeness (QED) is 0.727. The summed E-state index contributed by atoms with van der Waals surface area (Å²) in [5.74, 6) is -1.83. The summed E-state index contributed by atoms with van der Waals surface area (Å²) in [5.41, 5.74) is 1.61. The summed E-state index contributed by atoms with van der Waals surface area (Å²) in [7, 11) is -4.14. The van der Waals surface area contributed by atoms with Gasteiger partial charge in [-0.15, -0.1) is 0 Å². The van der Waals surface area contributed by atoms with Gasteiger partial charge >= 0.3 is 0 Å². The Bertz CT molecular complexity index is 975. The van der Waals surface area contributed by atoms with Crippen LogP contribution >= 0.6 is 0 Å². The fourth-order valence-electron chi connectivity index (χ4n) is 2.22. The molecule has 0 spiro atoms. The first kappa shape index (κ1) is 17.2. The number of halogens is 2. The van der Waals surface area contributed by atoms with Gasteiger partial charge in [0.05, 0.1) is 12.2 Å². The normalized spacial score (nSPS) is 11.6. The van der Waals surface area contributed by atoms with Crippen LogP contribution in [0.4, 0.5) is 8.78 Å². The van der Waals surface area contributed by atoms with Crippen LogP contribution in [-0.4, -0.2) is 29.7 Å². The second-order valence-corrected chi connectivity index (χ2v) is 6.91. The molecule has 1 aromatic carbocycles. The van der Waals surface area contributed by atoms with Gasteiger partial charge < -0.3 is 0 Å². The van der Waals surface area contributed by atoms with Crippen molar-refractivity contribution in [3.63, 3.8) is 0 Å². The number of rotatable bonds is 6. The molecule has 3 rings (SSSR count). The van der Waals surface area contributed by atoms with Gasteiger partial charge in [-0.1, -0.05) is 0 Å². The minimum absolute atomic E-state index is 0.0181. The van der Waals surface area contributed by atoms with Crippen LogP contribution in [0, 0.1) is 11.6 Å². The van der Waals surface area contributed by atoms with E-state index < -0.39 is 26.6 Å². The average molecular weight is 364 g/mol. The monoisotopic (exact) mass is 364 g/mol. The Kier molecular flexibility index (Phi) is 4.86. The van der Waals surface area contributed by atoms with Crippen LogP contribution in [0.3, 0.4) is 0 Å². The fourth-order valence-corrected chi connectivity index (χ4v) is 3.33. The lowest BCUT2D eigenvalue weighted by atomic mass is 10.2. The molecule has 2 aromatic heterocycles. The molecule has 0 saturated carbocycles. The third kappa shape index (κ3) is 4.06. The zero-order valence-electron chi connectivity index (χ0n) is 12.9. The summed E-state index contributed by atoms with van der Waals surface area (Å²) in [6.45, 7) is 0.219. The fraction of sp³-hybridized carbons (Fsp3) is 0.125. The number of pyridine rings is 1. The molecular formula is C16H14F2N4O2S. The van der Waals surface area contributed by atoms with Crippen LogP contribution in [0.15, 0.2) is 59.9 Å². The largest absolute Gasteiger partial charge is 0.271 e. The van der Waals surface area contributed by atoms with Gasteiger partial charge in [0.2, 0.25) is 10.0 Å². The van der Waals surface area contributed by atoms with Crippen molar-refractivity contribution in [2.75, 3.05) is 6.54 Å². The molecule has 0 fully saturated rings. The molecule has 25 heavy (non-hydrogen) atoms. The highest BCUT2D eigenvalue weighted by Crippen LogP contribution is 2.16. The second-order valence-electron chi connectivity index (χ2n) is 5.17. The molecule has 9 heteroatoms. The van der Waals surface area contributed by atoms with Gasteiger partial charge in [0.15, 0.2) is 0 Å². The van der Waals surface area contributed by atoms with Crippen molar-refractivity contribution in [3.8, 4) is 11.3 Å². The van der Waals surface area contributed by atoms with Gasteiger partial charge in [-0.3, -0.25) is 9.67 Å². The van der Waals surface area contributed by atoms with Gasteiger partial charge in [-0.2, -0.15) is 5.10 Å². The predicted octanol–water partition coefficient (Wildman–Crippen LogP) is 2.20. The first-order chi connectivity index (χ1) is 12.0. The zero-order chi connectivity index (χ0) is 17.9. The van der Waals surface area contributed by atoms with E-state index in [2.05, 4.69) is 14.8 Å². The number of benzene rings is 1. The van der Waals surface area contributed by atoms with E-state index in [4.69, 9.17) is 0 Å². The minimum atomic E-state index is -4.14. The zero-order valence-corrected chi connectivity index (χ0v) is 13.7. The van der Waals surface area contributed by atoms with Crippen molar-refractivity contribution in [2.45, 2.75) is 11.4 Å². The molecule has 0 bridgehead atoms. The number of hydrogen-bond donors (Lipinski definition) is 1. The maximum Gasteiger partial charge on any atom is 0.243 e. The Morgan fingerprint density at radius 3 is 2.60 bits per heavy atom. The molecule has 3 aromatic rings. The van der Waals surface area contributed by atoms with Crippen molar-refractivity contribution in [2.24, 2.45) is 0 Å². The lowest BCUT2D eigenvalue weighted by Crippen LogP contribution is -2.28. The molecule has 0 saturated heterocycles. The molecule has 0 unspecified atom stereocenters. The van der Waals surface area contributed by atoms with E-state index in [0.29, 0.717) is 6.07 Å². The third-order valence-electron chi connectivity index (χ3n) is 3.43. The highest BCUT2D eigenvalue weighted by atomic mass is 32.2. The predicted molar refractivity (Wildman–Crippen MR) is 87.0 cm³/mol. The van der Waals surface area contributed by atoms with Crippen LogP contribution < -0.4 is 4.72 Å². The number of nitrogens with one attached hydrogen (secondary N) is 1. The Morgan fingerprint density at radius 2 is 1.84 bits per heavy atom. The highest BCUT2D eigenvalue weighted by Gasteiger charge is 2.19. The summed E-state index contributed by atoms with van der Waals surface area (Å²) in [6, 6.07) is 7.69. The van der Waals surface area contributed by atoms with Gasteiger partial charge in [-0.05, 0) is 36.4 Å². The Morgan fingerprint density at radius 1 is 1.08 bits per heavy atom. The highest BCUT2D eigenvalue weighted by molar-refractivity contribution is 7.89. The third-order valence-corrected chi connectivity index (χ3v) is 4.91. The molecule has 0 amide bonds. The van der Waals surface area contributed by atoms with Crippen LogP contribution in [0.5, 0.6) is 0 Å². The van der Waals surface area contributed by atoms with Crippen LogP contribution in [-0.2, 0) is 16.6 Å². The van der Waals surface area contributed by atoms with Crippen molar-refractivity contribution in [1.29, 1.82) is 0 Å². The Hall–Kier alpha value is -2.65. The molecule has 1 N–H and O–H groups in total. The summed E-state index contributed by atoms with van der Waals surface area (Å²) in [5, 5.41) is 4.32.